The van der Waals surface area contributed by atoms with Gasteiger partial charge in [0.1, 0.15) is 0 Å². The fraction of sp³-hybridized carbons (Fsp3) is 0.316. The molecule has 1 aliphatic rings. The Morgan fingerprint density at radius 1 is 0.800 bits per heavy atom. The van der Waals surface area contributed by atoms with Crippen molar-refractivity contribution in [1.29, 1.82) is 0 Å². The van der Waals surface area contributed by atoms with Crippen LogP contribution in [0, 0.1) is 0 Å². The maximum atomic E-state index is 14.3. The molecule has 0 N–H and O–H groups in total. The molecule has 1 atom stereocenters. The number of amides is 1. The van der Waals surface area contributed by atoms with Crippen molar-refractivity contribution in [2.24, 2.45) is 0 Å². The van der Waals surface area contributed by atoms with Gasteiger partial charge in [-0.15, -0.1) is 0 Å². The van der Waals surface area contributed by atoms with Crippen LogP contribution >= 0.6 is 0 Å². The number of rotatable bonds is 12. The van der Waals surface area contributed by atoms with Crippen molar-refractivity contribution < 1.29 is 28.5 Å². The van der Waals surface area contributed by atoms with Gasteiger partial charge in [-0.1, -0.05) is 66.7 Å². The summed E-state index contributed by atoms with van der Waals surface area (Å²) < 4.78 is 21.8. The Morgan fingerprint density at radius 2 is 1.51 bits per heavy atom. The molecule has 5 rings (SSSR count). The molecule has 0 fully saturated rings. The Kier molecular flexibility index (Phi) is 10.4. The Labute approximate surface area is 265 Å². The van der Waals surface area contributed by atoms with Crippen LogP contribution in [-0.4, -0.2) is 50.8 Å². The second kappa shape index (κ2) is 14.8. The van der Waals surface area contributed by atoms with Gasteiger partial charge in [0.05, 0.1) is 27.9 Å². The van der Waals surface area contributed by atoms with Gasteiger partial charge in [-0.3, -0.25) is 9.59 Å². The number of carbonyl (C=O) groups is 2. The first-order chi connectivity index (χ1) is 21.9. The molecule has 0 saturated carbocycles. The van der Waals surface area contributed by atoms with Gasteiger partial charge in [0.15, 0.2) is 11.5 Å². The average molecular weight is 608 g/mol. The number of methoxy groups -OCH3 is 3. The number of aryl methyl sites for hydroxylation is 2. The fourth-order valence-electron chi connectivity index (χ4n) is 6.15. The number of carbonyl (C=O) groups excluding carboxylic acids is 2. The van der Waals surface area contributed by atoms with E-state index in [-0.39, 0.29) is 17.9 Å². The first-order valence-corrected chi connectivity index (χ1v) is 15.5. The number of ether oxygens (including phenoxy) is 4. The SMILES string of the molecule is CCOC(=O)CCc1ccccc1-c1ccc2c(c1)CN(C(=O)c1cc(OC)c(OC)c(OC)c1)C(CCc1ccccc1)C2. The van der Waals surface area contributed by atoms with Gasteiger partial charge in [0.2, 0.25) is 5.75 Å². The van der Waals surface area contributed by atoms with Crippen LogP contribution in [0.2, 0.25) is 0 Å². The molecule has 0 saturated heterocycles. The van der Waals surface area contributed by atoms with Crippen molar-refractivity contribution in [3.8, 4) is 28.4 Å². The van der Waals surface area contributed by atoms with Crippen molar-refractivity contribution in [3.63, 3.8) is 0 Å². The molecule has 45 heavy (non-hydrogen) atoms. The normalized spacial score (nSPS) is 14.0. The maximum Gasteiger partial charge on any atom is 0.306 e. The number of hydrogen-bond acceptors (Lipinski definition) is 6. The second-order valence-corrected chi connectivity index (χ2v) is 11.2. The molecule has 1 unspecified atom stereocenters. The summed E-state index contributed by atoms with van der Waals surface area (Å²) in [5, 5.41) is 0. The topological polar surface area (TPSA) is 74.3 Å². The molecule has 4 aromatic rings. The lowest BCUT2D eigenvalue weighted by Crippen LogP contribution is -2.44. The van der Waals surface area contributed by atoms with Crippen molar-refractivity contribution in [2.75, 3.05) is 27.9 Å². The monoisotopic (exact) mass is 607 g/mol. The van der Waals surface area contributed by atoms with E-state index in [1.54, 1.807) is 33.5 Å². The summed E-state index contributed by atoms with van der Waals surface area (Å²) in [6.07, 6.45) is 3.38. The third-order valence-electron chi connectivity index (χ3n) is 8.46. The number of esters is 1. The summed E-state index contributed by atoms with van der Waals surface area (Å²) in [6.45, 7) is 2.67. The highest BCUT2D eigenvalue weighted by Crippen LogP contribution is 2.39. The summed E-state index contributed by atoms with van der Waals surface area (Å²) in [5.41, 5.74) is 7.33. The predicted octanol–water partition coefficient (Wildman–Crippen LogP) is 7.08. The Morgan fingerprint density at radius 3 is 2.20 bits per heavy atom. The third-order valence-corrected chi connectivity index (χ3v) is 8.46. The van der Waals surface area contributed by atoms with E-state index >= 15 is 0 Å². The van der Waals surface area contributed by atoms with Gasteiger partial charge in [0, 0.05) is 24.6 Å². The highest BCUT2D eigenvalue weighted by atomic mass is 16.5. The maximum absolute atomic E-state index is 14.3. The van der Waals surface area contributed by atoms with E-state index in [0.29, 0.717) is 48.8 Å². The van der Waals surface area contributed by atoms with Gasteiger partial charge in [-0.05, 0) is 84.2 Å². The molecule has 7 heteroatoms. The molecule has 0 aliphatic carbocycles. The highest BCUT2D eigenvalue weighted by molar-refractivity contribution is 5.96. The molecular weight excluding hydrogens is 566 g/mol. The van der Waals surface area contributed by atoms with E-state index < -0.39 is 0 Å². The molecule has 0 bridgehead atoms. The number of hydrogen-bond donors (Lipinski definition) is 0. The van der Waals surface area contributed by atoms with Crippen LogP contribution < -0.4 is 14.2 Å². The van der Waals surface area contributed by atoms with Crippen LogP contribution in [0.1, 0.15) is 52.4 Å². The van der Waals surface area contributed by atoms with E-state index in [9.17, 15) is 9.59 Å². The molecule has 234 valence electrons. The van der Waals surface area contributed by atoms with Crippen molar-refractivity contribution in [1.82, 2.24) is 4.90 Å². The van der Waals surface area contributed by atoms with Gasteiger partial charge in [-0.2, -0.15) is 0 Å². The Bertz CT molecular complexity index is 1610. The third kappa shape index (κ3) is 7.31. The second-order valence-electron chi connectivity index (χ2n) is 11.2. The highest BCUT2D eigenvalue weighted by Gasteiger charge is 2.32. The fourth-order valence-corrected chi connectivity index (χ4v) is 6.15. The largest absolute Gasteiger partial charge is 0.493 e. The lowest BCUT2D eigenvalue weighted by Gasteiger charge is -2.38. The van der Waals surface area contributed by atoms with Crippen LogP contribution in [0.4, 0.5) is 0 Å². The quantitative estimate of drug-likeness (QED) is 0.160. The van der Waals surface area contributed by atoms with E-state index in [2.05, 4.69) is 54.6 Å². The summed E-state index contributed by atoms with van der Waals surface area (Å²) in [4.78, 5) is 28.4. The molecule has 0 spiro atoms. The lowest BCUT2D eigenvalue weighted by atomic mass is 9.87. The molecular formula is C38H41NO6. The summed E-state index contributed by atoms with van der Waals surface area (Å²) >= 11 is 0. The van der Waals surface area contributed by atoms with E-state index in [4.69, 9.17) is 18.9 Å². The van der Waals surface area contributed by atoms with Gasteiger partial charge < -0.3 is 23.8 Å². The average Bonchev–Trinajstić information content (AvgIpc) is 3.08. The zero-order valence-corrected chi connectivity index (χ0v) is 26.5. The van der Waals surface area contributed by atoms with Crippen LogP contribution in [0.15, 0.2) is 84.9 Å². The summed E-state index contributed by atoms with van der Waals surface area (Å²) in [6, 6.07) is 28.6. The molecule has 4 aromatic carbocycles. The van der Waals surface area contributed by atoms with Crippen molar-refractivity contribution >= 4 is 11.9 Å². The first-order valence-electron chi connectivity index (χ1n) is 15.5. The predicted molar refractivity (Wildman–Crippen MR) is 175 cm³/mol. The first kappa shape index (κ1) is 31.6. The molecule has 0 radical (unpaired) electrons. The minimum atomic E-state index is -0.194. The number of benzene rings is 4. The zero-order valence-electron chi connectivity index (χ0n) is 26.5. The zero-order chi connectivity index (χ0) is 31.8. The van der Waals surface area contributed by atoms with Crippen molar-refractivity contribution in [2.45, 2.75) is 51.6 Å². The lowest BCUT2D eigenvalue weighted by molar-refractivity contribution is -0.143. The summed E-state index contributed by atoms with van der Waals surface area (Å²) in [7, 11) is 4.66. The Balaban J connectivity index is 1.48. The van der Waals surface area contributed by atoms with Gasteiger partial charge >= 0.3 is 5.97 Å². The number of nitrogens with zero attached hydrogens (tertiary/aromatic N) is 1. The van der Waals surface area contributed by atoms with Crippen LogP contribution in [0.25, 0.3) is 11.1 Å². The standard InChI is InChI=1S/C38H41NO6/c1-5-45-36(40)20-18-27-13-9-10-14-33(27)29-17-16-28-22-32(19-15-26-11-7-6-8-12-26)39(25-31(28)21-29)38(41)30-23-34(42-2)37(44-4)35(24-30)43-3/h6-14,16-17,21,23-24,32H,5,15,18-20,22,25H2,1-4H3. The van der Waals surface area contributed by atoms with Gasteiger partial charge in [0.25, 0.3) is 5.91 Å². The summed E-state index contributed by atoms with van der Waals surface area (Å²) in [5.74, 6) is 1.06. The van der Waals surface area contributed by atoms with Gasteiger partial charge in [-0.25, -0.2) is 0 Å². The van der Waals surface area contributed by atoms with E-state index in [1.165, 1.54) is 11.1 Å². The molecule has 1 amide bonds. The molecule has 7 nitrogen and oxygen atoms in total. The minimum absolute atomic E-state index is 0.00649. The minimum Gasteiger partial charge on any atom is -0.493 e. The van der Waals surface area contributed by atoms with E-state index in [0.717, 1.165) is 41.5 Å². The molecule has 0 aromatic heterocycles. The number of fused-ring (bicyclic) bond motifs is 1. The van der Waals surface area contributed by atoms with E-state index in [1.807, 2.05) is 30.0 Å². The van der Waals surface area contributed by atoms with Crippen LogP contribution in [0.5, 0.6) is 17.2 Å². The Hall–Kier alpha value is -4.78. The smallest absolute Gasteiger partial charge is 0.306 e. The van der Waals surface area contributed by atoms with Crippen LogP contribution in [0.3, 0.4) is 0 Å². The van der Waals surface area contributed by atoms with Crippen LogP contribution in [-0.2, 0) is 35.3 Å². The molecule has 1 aliphatic heterocycles. The van der Waals surface area contributed by atoms with Crippen molar-refractivity contribution in [3.05, 3.63) is 113 Å². The molecule has 1 heterocycles.